The molecule has 25 heavy (non-hydrogen) atoms. The lowest BCUT2D eigenvalue weighted by Crippen LogP contribution is -2.34. The third-order valence-electron chi connectivity index (χ3n) is 3.75. The van der Waals surface area contributed by atoms with Crippen LogP contribution in [0.4, 0.5) is 10.1 Å². The van der Waals surface area contributed by atoms with E-state index >= 15 is 0 Å². The summed E-state index contributed by atoms with van der Waals surface area (Å²) in [6.07, 6.45) is 0. The number of rotatable bonds is 6. The van der Waals surface area contributed by atoms with Crippen molar-refractivity contribution < 1.29 is 17.6 Å². The lowest BCUT2D eigenvalue weighted by Gasteiger charge is -2.17. The molecule has 1 N–H and O–H groups in total. The molecular weight excluding hydrogens is 343 g/mol. The van der Waals surface area contributed by atoms with Crippen LogP contribution in [-0.2, 0) is 14.8 Å². The van der Waals surface area contributed by atoms with Gasteiger partial charge in [-0.15, -0.1) is 0 Å². The fraction of sp³-hybridized carbons (Fsp3) is 0.278. The van der Waals surface area contributed by atoms with Gasteiger partial charge in [0.25, 0.3) is 0 Å². The minimum Gasteiger partial charge on any atom is -0.325 e. The molecule has 5 nitrogen and oxygen atoms in total. The maximum atomic E-state index is 12.9. The number of benzene rings is 2. The van der Waals surface area contributed by atoms with Crippen LogP contribution in [0.1, 0.15) is 25.3 Å². The first-order chi connectivity index (χ1) is 11.7. The highest BCUT2D eigenvalue weighted by Gasteiger charge is 2.23. The fourth-order valence-corrected chi connectivity index (χ4v) is 3.35. The number of nitrogens with one attached hydrogen (secondary N) is 1. The zero-order chi connectivity index (χ0) is 18.6. The topological polar surface area (TPSA) is 66.5 Å². The molecule has 0 unspecified atom stereocenters. The smallest absolute Gasteiger partial charge is 0.243 e. The van der Waals surface area contributed by atoms with Gasteiger partial charge < -0.3 is 5.32 Å². The Balaban J connectivity index is 2.02. The first kappa shape index (κ1) is 19.1. The van der Waals surface area contributed by atoms with Gasteiger partial charge in [-0.25, -0.2) is 12.8 Å². The number of carbonyl (C=O) groups excluding carboxylic acids is 1. The monoisotopic (exact) mass is 364 g/mol. The van der Waals surface area contributed by atoms with E-state index in [0.29, 0.717) is 11.6 Å². The van der Waals surface area contributed by atoms with E-state index in [1.165, 1.54) is 19.2 Å². The Kier molecular flexibility index (Phi) is 5.92. The van der Waals surface area contributed by atoms with Crippen LogP contribution >= 0.6 is 0 Å². The number of amides is 1. The minimum absolute atomic E-state index is 0.0644. The molecule has 0 spiro atoms. The van der Waals surface area contributed by atoms with Gasteiger partial charge in [0.05, 0.1) is 11.4 Å². The summed E-state index contributed by atoms with van der Waals surface area (Å²) in [5, 5.41) is 2.67. The number of hydrogen-bond donors (Lipinski definition) is 1. The average Bonchev–Trinajstić information content (AvgIpc) is 2.55. The van der Waals surface area contributed by atoms with Gasteiger partial charge in [0.1, 0.15) is 5.82 Å². The van der Waals surface area contributed by atoms with Crippen molar-refractivity contribution in [1.82, 2.24) is 4.31 Å². The molecule has 0 heterocycles. The van der Waals surface area contributed by atoms with E-state index in [1.54, 1.807) is 12.1 Å². The van der Waals surface area contributed by atoms with Gasteiger partial charge in [-0.05, 0) is 47.9 Å². The Hall–Kier alpha value is -2.25. The van der Waals surface area contributed by atoms with Crippen LogP contribution in [-0.4, -0.2) is 32.2 Å². The lowest BCUT2D eigenvalue weighted by atomic mass is 10.0. The molecule has 0 radical (unpaired) electrons. The molecule has 0 aliphatic heterocycles. The van der Waals surface area contributed by atoms with Crippen LogP contribution in [0.5, 0.6) is 0 Å². The van der Waals surface area contributed by atoms with E-state index in [9.17, 15) is 17.6 Å². The second-order valence-electron chi connectivity index (χ2n) is 6.04. The van der Waals surface area contributed by atoms with Gasteiger partial charge in [-0.3, -0.25) is 4.79 Å². The van der Waals surface area contributed by atoms with E-state index in [1.807, 2.05) is 12.1 Å². The quantitative estimate of drug-likeness (QED) is 0.856. The van der Waals surface area contributed by atoms with E-state index in [-0.39, 0.29) is 11.4 Å². The summed E-state index contributed by atoms with van der Waals surface area (Å²) in [7, 11) is -2.55. The molecule has 134 valence electrons. The van der Waals surface area contributed by atoms with Gasteiger partial charge in [-0.2, -0.15) is 4.31 Å². The van der Waals surface area contributed by atoms with Crippen molar-refractivity contribution in [2.45, 2.75) is 24.7 Å². The summed E-state index contributed by atoms with van der Waals surface area (Å²) in [5.41, 5.74) is 1.75. The van der Waals surface area contributed by atoms with Crippen molar-refractivity contribution in [3.05, 3.63) is 59.9 Å². The highest BCUT2D eigenvalue weighted by atomic mass is 32.2. The summed E-state index contributed by atoms with van der Waals surface area (Å²) in [6, 6.07) is 11.9. The summed E-state index contributed by atoms with van der Waals surface area (Å²) < 4.78 is 38.6. The van der Waals surface area contributed by atoms with Crippen LogP contribution in [0.15, 0.2) is 53.4 Å². The largest absolute Gasteiger partial charge is 0.325 e. The molecule has 2 rings (SSSR count). The second kappa shape index (κ2) is 7.76. The number of halogens is 1. The van der Waals surface area contributed by atoms with Gasteiger partial charge in [0, 0.05) is 12.7 Å². The molecule has 0 aliphatic rings. The number of anilines is 1. The van der Waals surface area contributed by atoms with Gasteiger partial charge in [0.15, 0.2) is 0 Å². The Morgan fingerprint density at radius 1 is 1.08 bits per heavy atom. The van der Waals surface area contributed by atoms with Crippen molar-refractivity contribution in [3.8, 4) is 0 Å². The van der Waals surface area contributed by atoms with Crippen molar-refractivity contribution in [1.29, 1.82) is 0 Å². The van der Waals surface area contributed by atoms with Gasteiger partial charge in [-0.1, -0.05) is 26.0 Å². The molecule has 0 aliphatic carbocycles. The van der Waals surface area contributed by atoms with Crippen molar-refractivity contribution in [2.75, 3.05) is 18.9 Å². The Morgan fingerprint density at radius 3 is 2.16 bits per heavy atom. The molecule has 0 aromatic heterocycles. The average molecular weight is 364 g/mol. The summed E-state index contributed by atoms with van der Waals surface area (Å²) >= 11 is 0. The molecule has 0 saturated carbocycles. The summed E-state index contributed by atoms with van der Waals surface area (Å²) in [4.78, 5) is 12.0. The Bertz CT molecular complexity index is 832. The van der Waals surface area contributed by atoms with Crippen LogP contribution in [0.25, 0.3) is 0 Å². The van der Waals surface area contributed by atoms with Crippen LogP contribution in [0.2, 0.25) is 0 Å². The minimum atomic E-state index is -3.86. The number of likely N-dealkylation sites (N-methyl/N-ethyl adjacent to an activating group) is 1. The molecule has 2 aromatic rings. The van der Waals surface area contributed by atoms with Crippen LogP contribution < -0.4 is 5.32 Å². The maximum absolute atomic E-state index is 12.9. The summed E-state index contributed by atoms with van der Waals surface area (Å²) in [5.74, 6) is -0.591. The first-order valence-corrected chi connectivity index (χ1v) is 9.26. The Morgan fingerprint density at radius 2 is 1.64 bits per heavy atom. The molecule has 2 aromatic carbocycles. The highest BCUT2D eigenvalue weighted by Crippen LogP contribution is 2.18. The molecule has 1 amide bonds. The molecule has 0 atom stereocenters. The molecular formula is C18H21FN2O3S. The van der Waals surface area contributed by atoms with E-state index in [0.717, 1.165) is 22.0 Å². The lowest BCUT2D eigenvalue weighted by molar-refractivity contribution is -0.116. The van der Waals surface area contributed by atoms with Crippen molar-refractivity contribution in [2.24, 2.45) is 0 Å². The standard InChI is InChI=1S/C18H21FN2O3S/c1-13(2)14-4-8-16(9-5-14)20-18(22)12-21(3)25(23,24)17-10-6-15(19)7-11-17/h4-11,13H,12H2,1-3H3,(H,20,22). The third-order valence-corrected chi connectivity index (χ3v) is 5.57. The van der Waals surface area contributed by atoms with E-state index < -0.39 is 21.7 Å². The van der Waals surface area contributed by atoms with E-state index in [4.69, 9.17) is 0 Å². The fourth-order valence-electron chi connectivity index (χ4n) is 2.23. The molecule has 7 heteroatoms. The van der Waals surface area contributed by atoms with Crippen LogP contribution in [0, 0.1) is 5.82 Å². The summed E-state index contributed by atoms with van der Waals surface area (Å²) in [6.45, 7) is 3.80. The molecule has 0 fully saturated rings. The predicted molar refractivity (Wildman–Crippen MR) is 95.4 cm³/mol. The maximum Gasteiger partial charge on any atom is 0.243 e. The SMILES string of the molecule is CC(C)c1ccc(NC(=O)CN(C)S(=O)(=O)c2ccc(F)cc2)cc1. The number of hydrogen-bond acceptors (Lipinski definition) is 3. The molecule has 0 saturated heterocycles. The third kappa shape index (κ3) is 4.87. The highest BCUT2D eigenvalue weighted by molar-refractivity contribution is 7.89. The van der Waals surface area contributed by atoms with Gasteiger partial charge >= 0.3 is 0 Å². The normalized spacial score (nSPS) is 11.8. The van der Waals surface area contributed by atoms with Gasteiger partial charge in [0.2, 0.25) is 15.9 Å². The number of carbonyl (C=O) groups is 1. The Labute approximate surface area is 147 Å². The number of nitrogens with zero attached hydrogens (tertiary/aromatic N) is 1. The van der Waals surface area contributed by atoms with Crippen molar-refractivity contribution >= 4 is 21.6 Å². The zero-order valence-electron chi connectivity index (χ0n) is 14.4. The van der Waals surface area contributed by atoms with Crippen molar-refractivity contribution in [3.63, 3.8) is 0 Å². The predicted octanol–water partition coefficient (Wildman–Crippen LogP) is 3.21. The van der Waals surface area contributed by atoms with Crippen LogP contribution in [0.3, 0.4) is 0 Å². The van der Waals surface area contributed by atoms with E-state index in [2.05, 4.69) is 19.2 Å². The first-order valence-electron chi connectivity index (χ1n) is 7.82. The number of sulfonamides is 1. The molecule has 0 bridgehead atoms. The second-order valence-corrected chi connectivity index (χ2v) is 8.08. The zero-order valence-corrected chi connectivity index (χ0v) is 15.2.